The summed E-state index contributed by atoms with van der Waals surface area (Å²) in [5.74, 6) is 0.621. The predicted octanol–water partition coefficient (Wildman–Crippen LogP) is 2.20. The molecule has 0 bridgehead atoms. The Kier molecular flexibility index (Phi) is 7.71. The minimum absolute atomic E-state index is 0.303. The van der Waals surface area contributed by atoms with Crippen LogP contribution < -0.4 is 0 Å². The zero-order chi connectivity index (χ0) is 15.6. The first-order valence-corrected chi connectivity index (χ1v) is 8.90. The van der Waals surface area contributed by atoms with E-state index in [1.165, 1.54) is 0 Å². The van der Waals surface area contributed by atoms with Gasteiger partial charge >= 0.3 is 0 Å². The van der Waals surface area contributed by atoms with Crippen LogP contribution in [0.5, 0.6) is 0 Å². The van der Waals surface area contributed by atoms with Crippen molar-refractivity contribution in [3.63, 3.8) is 0 Å². The molecule has 0 aliphatic carbocycles. The first-order valence-electron chi connectivity index (χ1n) is 8.90. The molecule has 2 fully saturated rings. The van der Waals surface area contributed by atoms with Crippen LogP contribution >= 0.6 is 0 Å². The predicted molar refractivity (Wildman–Crippen MR) is 85.5 cm³/mol. The molecule has 0 radical (unpaired) electrons. The smallest absolute Gasteiger partial charge is 0.222 e. The Morgan fingerprint density at radius 2 is 1.27 bits per heavy atom. The highest BCUT2D eigenvalue weighted by atomic mass is 16.5. The molecular weight excluding hydrogens is 280 g/mol. The molecule has 2 aliphatic rings. The van der Waals surface area contributed by atoms with Gasteiger partial charge in [-0.3, -0.25) is 9.59 Å². The van der Waals surface area contributed by atoms with Crippen LogP contribution in [0.15, 0.2) is 0 Å². The van der Waals surface area contributed by atoms with Crippen LogP contribution in [0.3, 0.4) is 0 Å². The van der Waals surface area contributed by atoms with E-state index in [9.17, 15) is 9.59 Å². The Bertz CT molecular complexity index is 326. The zero-order valence-electron chi connectivity index (χ0n) is 13.7. The molecule has 0 spiro atoms. The third kappa shape index (κ3) is 5.95. The first kappa shape index (κ1) is 17.3. The number of carbonyl (C=O) groups is 2. The minimum atomic E-state index is 0.303. The van der Waals surface area contributed by atoms with E-state index in [-0.39, 0.29) is 0 Å². The second-order valence-corrected chi connectivity index (χ2v) is 6.35. The van der Waals surface area contributed by atoms with Crippen molar-refractivity contribution in [3.8, 4) is 0 Å². The van der Waals surface area contributed by atoms with Gasteiger partial charge in [-0.15, -0.1) is 0 Å². The van der Waals surface area contributed by atoms with Crippen molar-refractivity contribution in [3.05, 3.63) is 0 Å². The van der Waals surface area contributed by atoms with Gasteiger partial charge in [0.05, 0.1) is 0 Å². The number of unbranched alkanes of at least 4 members (excludes halogenated alkanes) is 1. The van der Waals surface area contributed by atoms with E-state index < -0.39 is 0 Å². The minimum Gasteiger partial charge on any atom is -0.381 e. The number of rotatable bonds is 9. The summed E-state index contributed by atoms with van der Waals surface area (Å²) in [5.41, 5.74) is 0. The van der Waals surface area contributed by atoms with Crippen molar-refractivity contribution in [2.45, 2.75) is 57.8 Å². The second-order valence-electron chi connectivity index (χ2n) is 6.35. The second kappa shape index (κ2) is 9.82. The SMILES string of the molecule is O=C1CCCCN1CCCCOCCCN1CCCCC1=O. The molecule has 0 aromatic rings. The van der Waals surface area contributed by atoms with Crippen molar-refractivity contribution in [1.29, 1.82) is 0 Å². The average molecular weight is 310 g/mol. The highest BCUT2D eigenvalue weighted by Crippen LogP contribution is 2.12. The summed E-state index contributed by atoms with van der Waals surface area (Å²) in [6.07, 6.45) is 8.80. The van der Waals surface area contributed by atoms with Crippen LogP contribution in [0.25, 0.3) is 0 Å². The highest BCUT2D eigenvalue weighted by Gasteiger charge is 2.17. The lowest BCUT2D eigenvalue weighted by atomic mass is 10.1. The van der Waals surface area contributed by atoms with E-state index in [1.54, 1.807) is 0 Å². The van der Waals surface area contributed by atoms with Crippen molar-refractivity contribution >= 4 is 11.8 Å². The molecule has 126 valence electrons. The highest BCUT2D eigenvalue weighted by molar-refractivity contribution is 5.77. The number of amides is 2. The van der Waals surface area contributed by atoms with E-state index in [0.29, 0.717) is 11.8 Å². The zero-order valence-corrected chi connectivity index (χ0v) is 13.7. The molecule has 0 atom stereocenters. The van der Waals surface area contributed by atoms with Gasteiger partial charge in [0.15, 0.2) is 0 Å². The maximum atomic E-state index is 11.6. The molecule has 0 saturated carbocycles. The number of hydrogen-bond acceptors (Lipinski definition) is 3. The van der Waals surface area contributed by atoms with E-state index in [2.05, 4.69) is 0 Å². The van der Waals surface area contributed by atoms with Gasteiger partial charge in [0.25, 0.3) is 0 Å². The average Bonchev–Trinajstić information content (AvgIpc) is 2.53. The van der Waals surface area contributed by atoms with Gasteiger partial charge in [-0.1, -0.05) is 0 Å². The molecule has 0 aromatic heterocycles. The third-order valence-electron chi connectivity index (χ3n) is 4.53. The molecule has 0 unspecified atom stereocenters. The van der Waals surface area contributed by atoms with Gasteiger partial charge in [-0.2, -0.15) is 0 Å². The summed E-state index contributed by atoms with van der Waals surface area (Å²) < 4.78 is 5.63. The lowest BCUT2D eigenvalue weighted by Gasteiger charge is -2.27. The summed E-state index contributed by atoms with van der Waals surface area (Å²) >= 11 is 0. The van der Waals surface area contributed by atoms with E-state index in [4.69, 9.17) is 4.74 Å². The summed E-state index contributed by atoms with van der Waals surface area (Å²) in [6, 6.07) is 0. The maximum Gasteiger partial charge on any atom is 0.222 e. The Balaban J connectivity index is 1.41. The maximum absolute atomic E-state index is 11.6. The van der Waals surface area contributed by atoms with E-state index in [1.807, 2.05) is 9.80 Å². The molecular formula is C17H30N2O3. The molecule has 5 nitrogen and oxygen atoms in total. The van der Waals surface area contributed by atoms with Crippen molar-refractivity contribution in [2.24, 2.45) is 0 Å². The van der Waals surface area contributed by atoms with Gasteiger partial charge in [0, 0.05) is 52.2 Å². The Hall–Kier alpha value is -1.10. The van der Waals surface area contributed by atoms with Gasteiger partial charge < -0.3 is 14.5 Å². The van der Waals surface area contributed by atoms with Crippen LogP contribution in [-0.4, -0.2) is 61.0 Å². The van der Waals surface area contributed by atoms with Gasteiger partial charge in [0.2, 0.25) is 11.8 Å². The fourth-order valence-corrected chi connectivity index (χ4v) is 3.16. The standard InChI is InChI=1S/C17H30N2O3/c20-16-8-1-3-10-18(16)12-5-6-14-22-15-7-13-19-11-4-2-9-17(19)21/h1-15H2. The van der Waals surface area contributed by atoms with Crippen molar-refractivity contribution in [1.82, 2.24) is 9.80 Å². The molecule has 2 heterocycles. The van der Waals surface area contributed by atoms with Crippen LogP contribution in [0.2, 0.25) is 0 Å². The van der Waals surface area contributed by atoms with Crippen LogP contribution in [0, 0.1) is 0 Å². The van der Waals surface area contributed by atoms with E-state index in [0.717, 1.165) is 97.2 Å². The Labute approximate surface area is 134 Å². The number of piperidine rings is 2. The summed E-state index contributed by atoms with van der Waals surface area (Å²) in [5, 5.41) is 0. The molecule has 0 N–H and O–H groups in total. The topological polar surface area (TPSA) is 49.9 Å². The van der Waals surface area contributed by atoms with Crippen molar-refractivity contribution < 1.29 is 14.3 Å². The molecule has 5 heteroatoms. The van der Waals surface area contributed by atoms with Crippen molar-refractivity contribution in [2.75, 3.05) is 39.4 Å². The van der Waals surface area contributed by atoms with Gasteiger partial charge in [-0.25, -0.2) is 0 Å². The summed E-state index contributed by atoms with van der Waals surface area (Å²) in [7, 11) is 0. The number of carbonyl (C=O) groups excluding carboxylic acids is 2. The molecule has 2 amide bonds. The molecule has 0 aromatic carbocycles. The quantitative estimate of drug-likeness (QED) is 0.613. The van der Waals surface area contributed by atoms with Gasteiger partial charge in [-0.05, 0) is 44.9 Å². The monoisotopic (exact) mass is 310 g/mol. The number of nitrogens with zero attached hydrogens (tertiary/aromatic N) is 2. The number of ether oxygens (including phenoxy) is 1. The number of hydrogen-bond donors (Lipinski definition) is 0. The summed E-state index contributed by atoms with van der Waals surface area (Å²) in [6.45, 7) is 5.06. The lowest BCUT2D eigenvalue weighted by Crippen LogP contribution is -2.36. The lowest BCUT2D eigenvalue weighted by molar-refractivity contribution is -0.134. The first-order chi connectivity index (χ1) is 10.8. The Morgan fingerprint density at radius 3 is 1.86 bits per heavy atom. The van der Waals surface area contributed by atoms with Crippen LogP contribution in [0.4, 0.5) is 0 Å². The summed E-state index contributed by atoms with van der Waals surface area (Å²) in [4.78, 5) is 27.2. The molecule has 22 heavy (non-hydrogen) atoms. The fourth-order valence-electron chi connectivity index (χ4n) is 3.16. The fraction of sp³-hybridized carbons (Fsp3) is 0.882. The normalized spacial score (nSPS) is 19.8. The Morgan fingerprint density at radius 1 is 0.727 bits per heavy atom. The largest absolute Gasteiger partial charge is 0.381 e. The van der Waals surface area contributed by atoms with Crippen LogP contribution in [0.1, 0.15) is 57.8 Å². The van der Waals surface area contributed by atoms with Crippen LogP contribution in [-0.2, 0) is 14.3 Å². The number of likely N-dealkylation sites (tertiary alicyclic amines) is 2. The van der Waals surface area contributed by atoms with Gasteiger partial charge in [0.1, 0.15) is 0 Å². The molecule has 2 aliphatic heterocycles. The molecule has 2 rings (SSSR count). The third-order valence-corrected chi connectivity index (χ3v) is 4.53. The molecule has 2 saturated heterocycles. The van der Waals surface area contributed by atoms with E-state index >= 15 is 0 Å².